The molecule has 0 spiro atoms. The number of fused-ring (bicyclic) bond motifs is 1. The number of rotatable bonds is 7. The van der Waals surface area contributed by atoms with Gasteiger partial charge >= 0.3 is 6.09 Å². The lowest BCUT2D eigenvalue weighted by Crippen LogP contribution is -2.35. The van der Waals surface area contributed by atoms with Gasteiger partial charge in [0, 0.05) is 24.0 Å². The summed E-state index contributed by atoms with van der Waals surface area (Å²) in [6, 6.07) is 15.3. The number of aromatic nitrogens is 1. The zero-order valence-electron chi connectivity index (χ0n) is 19.6. The van der Waals surface area contributed by atoms with Crippen molar-refractivity contribution in [2.45, 2.75) is 38.8 Å². The van der Waals surface area contributed by atoms with Crippen LogP contribution in [0.25, 0.3) is 0 Å². The van der Waals surface area contributed by atoms with E-state index in [2.05, 4.69) is 16.4 Å². The van der Waals surface area contributed by atoms with Crippen LogP contribution in [0.5, 0.6) is 5.75 Å². The standard InChI is InChI=1S/C26H26N4O4S/c1-17(18-6-5-8-20(13-18)33-2)12-24(31)29-25-22(14-27)21-9-11-30(15-23(21)35-25)26(32)34-16-19-7-3-4-10-28-19/h3-8,10,13,17H,9,11-12,15-16H2,1-2H3,(H,29,31)/t17-/m0/s1. The summed E-state index contributed by atoms with van der Waals surface area (Å²) in [4.78, 5) is 32.0. The average Bonchev–Trinajstić information content (AvgIpc) is 3.23. The number of hydrogen-bond donors (Lipinski definition) is 1. The van der Waals surface area contributed by atoms with Gasteiger partial charge in [-0.2, -0.15) is 5.26 Å². The Morgan fingerprint density at radius 2 is 2.14 bits per heavy atom. The van der Waals surface area contributed by atoms with Crippen LogP contribution in [0.15, 0.2) is 48.7 Å². The quantitative estimate of drug-likeness (QED) is 0.508. The Hall–Kier alpha value is -3.90. The van der Waals surface area contributed by atoms with Crippen LogP contribution in [0.3, 0.4) is 0 Å². The number of thiophene rings is 1. The van der Waals surface area contributed by atoms with Gasteiger partial charge in [-0.3, -0.25) is 9.78 Å². The van der Waals surface area contributed by atoms with Crippen molar-refractivity contribution in [3.63, 3.8) is 0 Å². The maximum absolute atomic E-state index is 12.8. The zero-order chi connectivity index (χ0) is 24.8. The number of nitrogens with zero attached hydrogens (tertiary/aromatic N) is 3. The second kappa shape index (κ2) is 11.0. The van der Waals surface area contributed by atoms with Crippen molar-refractivity contribution in [3.05, 3.63) is 75.9 Å². The molecule has 3 heterocycles. The highest BCUT2D eigenvalue weighted by atomic mass is 32.1. The van der Waals surface area contributed by atoms with E-state index in [1.807, 2.05) is 37.3 Å². The van der Waals surface area contributed by atoms with Crippen molar-refractivity contribution in [2.75, 3.05) is 19.0 Å². The Morgan fingerprint density at radius 1 is 1.29 bits per heavy atom. The van der Waals surface area contributed by atoms with E-state index in [1.54, 1.807) is 30.3 Å². The van der Waals surface area contributed by atoms with E-state index >= 15 is 0 Å². The molecule has 2 amide bonds. The summed E-state index contributed by atoms with van der Waals surface area (Å²) in [6.45, 7) is 2.86. The number of benzene rings is 1. The molecule has 1 N–H and O–H groups in total. The van der Waals surface area contributed by atoms with Crippen molar-refractivity contribution in [1.82, 2.24) is 9.88 Å². The molecule has 35 heavy (non-hydrogen) atoms. The van der Waals surface area contributed by atoms with Gasteiger partial charge in [-0.05, 0) is 47.7 Å². The van der Waals surface area contributed by atoms with Gasteiger partial charge in [0.15, 0.2) is 0 Å². The maximum atomic E-state index is 12.8. The summed E-state index contributed by atoms with van der Waals surface area (Å²) in [5, 5.41) is 13.2. The molecule has 0 aliphatic carbocycles. The minimum atomic E-state index is -0.425. The molecule has 180 valence electrons. The van der Waals surface area contributed by atoms with Crippen molar-refractivity contribution in [1.29, 1.82) is 5.26 Å². The fourth-order valence-electron chi connectivity index (χ4n) is 4.00. The molecule has 0 saturated heterocycles. The molecular formula is C26H26N4O4S. The van der Waals surface area contributed by atoms with Crippen LogP contribution in [-0.2, 0) is 29.1 Å². The molecule has 0 radical (unpaired) electrons. The van der Waals surface area contributed by atoms with Crippen molar-refractivity contribution < 1.29 is 19.1 Å². The second-order valence-electron chi connectivity index (χ2n) is 8.30. The lowest BCUT2D eigenvalue weighted by atomic mass is 9.97. The van der Waals surface area contributed by atoms with Gasteiger partial charge < -0.3 is 19.7 Å². The Bertz CT molecular complexity index is 1250. The van der Waals surface area contributed by atoms with E-state index in [-0.39, 0.29) is 24.9 Å². The van der Waals surface area contributed by atoms with Crippen LogP contribution < -0.4 is 10.1 Å². The SMILES string of the molecule is COc1cccc([C@@H](C)CC(=O)Nc2sc3c(c2C#N)CCN(C(=O)OCc2ccccn2)C3)c1. The van der Waals surface area contributed by atoms with E-state index < -0.39 is 6.09 Å². The fraction of sp³-hybridized carbons (Fsp3) is 0.308. The van der Waals surface area contributed by atoms with E-state index in [0.29, 0.717) is 35.8 Å². The van der Waals surface area contributed by atoms with E-state index in [0.717, 1.165) is 21.8 Å². The van der Waals surface area contributed by atoms with Crippen LogP contribution in [0.1, 0.15) is 46.5 Å². The first kappa shape index (κ1) is 24.2. The molecule has 2 aromatic heterocycles. The number of carbonyl (C=O) groups is 2. The second-order valence-corrected chi connectivity index (χ2v) is 9.40. The van der Waals surface area contributed by atoms with E-state index in [1.165, 1.54) is 11.3 Å². The molecule has 0 fully saturated rings. The normalized spacial score (nSPS) is 13.3. The molecule has 0 saturated carbocycles. The third kappa shape index (κ3) is 5.78. The Morgan fingerprint density at radius 3 is 2.89 bits per heavy atom. The summed E-state index contributed by atoms with van der Waals surface area (Å²) in [5.41, 5.74) is 3.05. The van der Waals surface area contributed by atoms with Gasteiger partial charge in [-0.15, -0.1) is 11.3 Å². The Kier molecular flexibility index (Phi) is 7.63. The lowest BCUT2D eigenvalue weighted by molar-refractivity contribution is -0.116. The number of amides is 2. The van der Waals surface area contributed by atoms with Gasteiger partial charge in [0.05, 0.1) is 24.9 Å². The molecule has 0 bridgehead atoms. The van der Waals surface area contributed by atoms with Gasteiger partial charge in [0.1, 0.15) is 23.4 Å². The molecule has 1 aromatic carbocycles. The summed E-state index contributed by atoms with van der Waals surface area (Å²) >= 11 is 1.34. The topological polar surface area (TPSA) is 105 Å². The van der Waals surface area contributed by atoms with E-state index in [9.17, 15) is 14.9 Å². The fourth-order valence-corrected chi connectivity index (χ4v) is 5.23. The minimum absolute atomic E-state index is 0.0189. The molecule has 8 nitrogen and oxygen atoms in total. The Balaban J connectivity index is 1.39. The summed E-state index contributed by atoms with van der Waals surface area (Å²) in [5.74, 6) is 0.562. The van der Waals surface area contributed by atoms with Crippen LogP contribution in [0.2, 0.25) is 0 Å². The van der Waals surface area contributed by atoms with Crippen LogP contribution in [0, 0.1) is 11.3 Å². The molecule has 4 rings (SSSR count). The Labute approximate surface area is 208 Å². The van der Waals surface area contributed by atoms with Crippen molar-refractivity contribution in [2.24, 2.45) is 0 Å². The number of methoxy groups -OCH3 is 1. The van der Waals surface area contributed by atoms with Gasteiger partial charge in [0.25, 0.3) is 0 Å². The van der Waals surface area contributed by atoms with Gasteiger partial charge in [-0.1, -0.05) is 25.1 Å². The lowest BCUT2D eigenvalue weighted by Gasteiger charge is -2.26. The van der Waals surface area contributed by atoms with Crippen molar-refractivity contribution >= 4 is 28.3 Å². The highest BCUT2D eigenvalue weighted by Crippen LogP contribution is 2.37. The average molecular weight is 491 g/mol. The number of pyridine rings is 1. The third-order valence-corrected chi connectivity index (χ3v) is 7.04. The number of anilines is 1. The molecular weight excluding hydrogens is 464 g/mol. The first-order valence-corrected chi connectivity index (χ1v) is 12.1. The smallest absolute Gasteiger partial charge is 0.410 e. The van der Waals surface area contributed by atoms with Gasteiger partial charge in [0.2, 0.25) is 5.91 Å². The van der Waals surface area contributed by atoms with Crippen LogP contribution in [0.4, 0.5) is 9.80 Å². The maximum Gasteiger partial charge on any atom is 0.410 e. The number of hydrogen-bond acceptors (Lipinski definition) is 7. The largest absolute Gasteiger partial charge is 0.497 e. The molecule has 9 heteroatoms. The molecule has 0 unspecified atom stereocenters. The predicted octanol–water partition coefficient (Wildman–Crippen LogP) is 4.85. The predicted molar refractivity (Wildman–Crippen MR) is 132 cm³/mol. The summed E-state index contributed by atoms with van der Waals surface area (Å²) in [7, 11) is 1.61. The van der Waals surface area contributed by atoms with Gasteiger partial charge in [-0.25, -0.2) is 4.79 Å². The number of ether oxygens (including phenoxy) is 2. The first-order chi connectivity index (χ1) is 17.0. The van der Waals surface area contributed by atoms with Crippen LogP contribution in [-0.4, -0.2) is 35.5 Å². The zero-order valence-corrected chi connectivity index (χ0v) is 20.4. The van der Waals surface area contributed by atoms with Crippen molar-refractivity contribution in [3.8, 4) is 11.8 Å². The summed E-state index contributed by atoms with van der Waals surface area (Å²) < 4.78 is 10.7. The molecule has 1 aliphatic heterocycles. The first-order valence-electron chi connectivity index (χ1n) is 11.3. The highest BCUT2D eigenvalue weighted by Gasteiger charge is 2.28. The highest BCUT2D eigenvalue weighted by molar-refractivity contribution is 7.16. The summed E-state index contributed by atoms with van der Waals surface area (Å²) in [6.07, 6.45) is 2.03. The van der Waals surface area contributed by atoms with E-state index in [4.69, 9.17) is 9.47 Å². The molecule has 1 atom stereocenters. The third-order valence-electron chi connectivity index (χ3n) is 5.90. The minimum Gasteiger partial charge on any atom is -0.497 e. The number of carbonyl (C=O) groups excluding carboxylic acids is 2. The number of nitriles is 1. The molecule has 1 aliphatic rings. The monoisotopic (exact) mass is 490 g/mol. The van der Waals surface area contributed by atoms with Crippen LogP contribution >= 0.6 is 11.3 Å². The molecule has 3 aromatic rings. The number of nitrogens with one attached hydrogen (secondary N) is 1.